The fourth-order valence-electron chi connectivity index (χ4n) is 1.34. The van der Waals surface area contributed by atoms with Crippen molar-refractivity contribution in [2.24, 2.45) is 0 Å². The minimum absolute atomic E-state index is 0.253. The first-order valence-electron chi connectivity index (χ1n) is 5.60. The number of hydrogen-bond donors (Lipinski definition) is 2. The van der Waals surface area contributed by atoms with E-state index < -0.39 is 6.10 Å². The summed E-state index contributed by atoms with van der Waals surface area (Å²) in [5, 5.41) is 12.8. The molecule has 1 unspecified atom stereocenters. The second kappa shape index (κ2) is 7.94. The Balaban J connectivity index is 2.33. The third-order valence-corrected chi connectivity index (χ3v) is 3.12. The van der Waals surface area contributed by atoms with E-state index >= 15 is 0 Å². The molecule has 0 saturated carbocycles. The largest absolute Gasteiger partial charge is 0.490 e. The van der Waals surface area contributed by atoms with Crippen LogP contribution in [0.1, 0.15) is 5.56 Å². The predicted molar refractivity (Wildman–Crippen MR) is 81.3 cm³/mol. The SMILES string of the molecule is C=C(Br)CNCC(O)COc1ccc(C)cc1Br. The third-order valence-electron chi connectivity index (χ3n) is 2.22. The Kier molecular flexibility index (Phi) is 6.92. The molecule has 2 N–H and O–H groups in total. The molecule has 0 aromatic heterocycles. The fourth-order valence-corrected chi connectivity index (χ4v) is 2.15. The number of benzene rings is 1. The van der Waals surface area contributed by atoms with Crippen LogP contribution in [-0.2, 0) is 0 Å². The molecule has 1 aromatic carbocycles. The van der Waals surface area contributed by atoms with Crippen LogP contribution in [0.25, 0.3) is 0 Å². The van der Waals surface area contributed by atoms with E-state index in [1.165, 1.54) is 0 Å². The van der Waals surface area contributed by atoms with E-state index in [1.807, 2.05) is 25.1 Å². The van der Waals surface area contributed by atoms with Crippen LogP contribution >= 0.6 is 31.9 Å². The lowest BCUT2D eigenvalue weighted by atomic mass is 10.2. The molecule has 0 aliphatic carbocycles. The summed E-state index contributed by atoms with van der Waals surface area (Å²) in [6, 6.07) is 5.84. The molecule has 1 aromatic rings. The Labute approximate surface area is 124 Å². The van der Waals surface area contributed by atoms with Crippen molar-refractivity contribution in [3.05, 3.63) is 39.3 Å². The minimum atomic E-state index is -0.551. The lowest BCUT2D eigenvalue weighted by molar-refractivity contribution is 0.107. The second-order valence-corrected chi connectivity index (χ2v) is 6.02. The van der Waals surface area contributed by atoms with Crippen LogP contribution in [0.15, 0.2) is 33.7 Å². The first-order valence-corrected chi connectivity index (χ1v) is 7.18. The van der Waals surface area contributed by atoms with Gasteiger partial charge in [0.25, 0.3) is 0 Å². The molecule has 0 radical (unpaired) electrons. The molecule has 1 rings (SSSR count). The van der Waals surface area contributed by atoms with E-state index in [0.717, 1.165) is 20.3 Å². The summed E-state index contributed by atoms with van der Waals surface area (Å²) in [5.41, 5.74) is 1.16. The summed E-state index contributed by atoms with van der Waals surface area (Å²) < 4.78 is 7.30. The molecule has 0 bridgehead atoms. The van der Waals surface area contributed by atoms with Crippen LogP contribution in [0.3, 0.4) is 0 Å². The number of ether oxygens (including phenoxy) is 1. The highest BCUT2D eigenvalue weighted by Crippen LogP contribution is 2.25. The molecule has 0 heterocycles. The topological polar surface area (TPSA) is 41.5 Å². The molecule has 0 spiro atoms. The highest BCUT2D eigenvalue weighted by Gasteiger charge is 2.07. The van der Waals surface area contributed by atoms with Crippen LogP contribution < -0.4 is 10.1 Å². The monoisotopic (exact) mass is 377 g/mol. The molecule has 1 atom stereocenters. The minimum Gasteiger partial charge on any atom is -0.490 e. The maximum absolute atomic E-state index is 9.72. The molecule has 18 heavy (non-hydrogen) atoms. The van der Waals surface area contributed by atoms with Gasteiger partial charge in [0, 0.05) is 17.6 Å². The molecule has 0 aliphatic rings. The van der Waals surface area contributed by atoms with E-state index in [2.05, 4.69) is 43.8 Å². The van der Waals surface area contributed by atoms with Crippen molar-refractivity contribution in [1.29, 1.82) is 0 Å². The summed E-state index contributed by atoms with van der Waals surface area (Å²) in [4.78, 5) is 0. The van der Waals surface area contributed by atoms with Gasteiger partial charge in [0.15, 0.2) is 0 Å². The van der Waals surface area contributed by atoms with Crippen molar-refractivity contribution < 1.29 is 9.84 Å². The van der Waals surface area contributed by atoms with Gasteiger partial charge in [-0.15, -0.1) is 0 Å². The van der Waals surface area contributed by atoms with Gasteiger partial charge in [0.1, 0.15) is 18.5 Å². The first kappa shape index (κ1) is 15.7. The van der Waals surface area contributed by atoms with Crippen molar-refractivity contribution in [3.63, 3.8) is 0 Å². The van der Waals surface area contributed by atoms with Crippen molar-refractivity contribution >= 4 is 31.9 Å². The van der Waals surface area contributed by atoms with Crippen molar-refractivity contribution in [1.82, 2.24) is 5.32 Å². The van der Waals surface area contributed by atoms with Gasteiger partial charge in [-0.1, -0.05) is 28.6 Å². The average Bonchev–Trinajstić information content (AvgIpc) is 2.27. The number of aryl methyl sites for hydroxylation is 1. The molecule has 0 fully saturated rings. The molecule has 0 amide bonds. The Morgan fingerprint density at radius 1 is 1.56 bits per heavy atom. The first-order chi connectivity index (χ1) is 8.49. The Bertz CT molecular complexity index is 410. The van der Waals surface area contributed by atoms with Crippen molar-refractivity contribution in [3.8, 4) is 5.75 Å². The third kappa shape index (κ3) is 6.00. The lowest BCUT2D eigenvalue weighted by Gasteiger charge is -2.14. The maximum Gasteiger partial charge on any atom is 0.133 e. The highest BCUT2D eigenvalue weighted by atomic mass is 79.9. The normalized spacial score (nSPS) is 12.2. The summed E-state index contributed by atoms with van der Waals surface area (Å²) in [6.45, 7) is 7.06. The molecule has 0 saturated heterocycles. The summed E-state index contributed by atoms with van der Waals surface area (Å²) in [5.74, 6) is 0.740. The molecular formula is C13H17Br2NO2. The van der Waals surface area contributed by atoms with E-state index in [0.29, 0.717) is 13.1 Å². The Hall–Kier alpha value is -0.360. The van der Waals surface area contributed by atoms with Gasteiger partial charge in [0.2, 0.25) is 0 Å². The molecule has 3 nitrogen and oxygen atoms in total. The summed E-state index contributed by atoms with van der Waals surface area (Å²) in [7, 11) is 0. The van der Waals surface area contributed by atoms with Gasteiger partial charge in [-0.3, -0.25) is 0 Å². The zero-order valence-corrected chi connectivity index (χ0v) is 13.4. The standard InChI is InChI=1S/C13H17Br2NO2/c1-9-3-4-13(12(15)5-9)18-8-11(17)7-16-6-10(2)14/h3-5,11,16-17H,2,6-8H2,1H3. The van der Waals surface area contributed by atoms with Gasteiger partial charge in [-0.25, -0.2) is 0 Å². The number of rotatable bonds is 7. The molecular weight excluding hydrogens is 362 g/mol. The Morgan fingerprint density at radius 3 is 2.89 bits per heavy atom. The van der Waals surface area contributed by atoms with Gasteiger partial charge < -0.3 is 15.2 Å². The van der Waals surface area contributed by atoms with Crippen LogP contribution in [0.4, 0.5) is 0 Å². The molecule has 100 valence electrons. The molecule has 0 aliphatic heterocycles. The van der Waals surface area contributed by atoms with Gasteiger partial charge in [-0.2, -0.15) is 0 Å². The van der Waals surface area contributed by atoms with Crippen molar-refractivity contribution in [2.45, 2.75) is 13.0 Å². The predicted octanol–water partition coefficient (Wildman–Crippen LogP) is 3.00. The van der Waals surface area contributed by atoms with Crippen LogP contribution in [0.2, 0.25) is 0 Å². The number of aliphatic hydroxyl groups is 1. The fraction of sp³-hybridized carbons (Fsp3) is 0.385. The van der Waals surface area contributed by atoms with E-state index in [-0.39, 0.29) is 6.61 Å². The van der Waals surface area contributed by atoms with Crippen LogP contribution in [-0.4, -0.2) is 30.9 Å². The van der Waals surface area contributed by atoms with E-state index in [4.69, 9.17) is 4.74 Å². The smallest absolute Gasteiger partial charge is 0.133 e. The maximum atomic E-state index is 9.72. The van der Waals surface area contributed by atoms with Gasteiger partial charge in [-0.05, 0) is 40.5 Å². The van der Waals surface area contributed by atoms with E-state index in [9.17, 15) is 5.11 Å². The molecule has 5 heteroatoms. The van der Waals surface area contributed by atoms with Crippen LogP contribution in [0.5, 0.6) is 5.75 Å². The zero-order valence-electron chi connectivity index (χ0n) is 10.2. The summed E-state index contributed by atoms with van der Waals surface area (Å²) in [6.07, 6.45) is -0.551. The van der Waals surface area contributed by atoms with Gasteiger partial charge in [0.05, 0.1) is 4.47 Å². The summed E-state index contributed by atoms with van der Waals surface area (Å²) >= 11 is 6.67. The second-order valence-electron chi connectivity index (χ2n) is 4.05. The number of aliphatic hydroxyl groups excluding tert-OH is 1. The van der Waals surface area contributed by atoms with E-state index in [1.54, 1.807) is 0 Å². The Morgan fingerprint density at radius 2 is 2.28 bits per heavy atom. The number of hydrogen-bond acceptors (Lipinski definition) is 3. The van der Waals surface area contributed by atoms with Crippen molar-refractivity contribution in [2.75, 3.05) is 19.7 Å². The van der Waals surface area contributed by atoms with Crippen LogP contribution in [0, 0.1) is 6.92 Å². The zero-order chi connectivity index (χ0) is 13.5. The highest BCUT2D eigenvalue weighted by molar-refractivity contribution is 9.11. The average molecular weight is 379 g/mol. The lowest BCUT2D eigenvalue weighted by Crippen LogP contribution is -2.32. The number of nitrogens with one attached hydrogen (secondary N) is 1. The van der Waals surface area contributed by atoms with Gasteiger partial charge >= 0.3 is 0 Å². The quantitative estimate of drug-likeness (QED) is 0.766. The number of halogens is 2.